The Morgan fingerprint density at radius 2 is 2.05 bits per heavy atom. The molecule has 0 aliphatic heterocycles. The summed E-state index contributed by atoms with van der Waals surface area (Å²) in [6.45, 7) is 4.84. The first kappa shape index (κ1) is 16.2. The molecule has 0 saturated heterocycles. The van der Waals surface area contributed by atoms with Crippen LogP contribution in [0, 0.1) is 13.8 Å². The van der Waals surface area contributed by atoms with E-state index in [1.807, 2.05) is 27.0 Å². The van der Waals surface area contributed by atoms with Gasteiger partial charge in [0.1, 0.15) is 0 Å². The maximum absolute atomic E-state index is 8.92. The molecule has 0 unspecified atom stereocenters. The van der Waals surface area contributed by atoms with Gasteiger partial charge in [-0.25, -0.2) is 0 Å². The van der Waals surface area contributed by atoms with Crippen LogP contribution in [0.5, 0.6) is 0 Å². The van der Waals surface area contributed by atoms with E-state index in [1.54, 1.807) is 0 Å². The van der Waals surface area contributed by atoms with E-state index in [9.17, 15) is 0 Å². The smallest absolute Gasteiger partial charge is 0.174 e. The molecule has 0 aliphatic carbocycles. The third-order valence-electron chi connectivity index (χ3n) is 3.23. The lowest BCUT2D eigenvalue weighted by atomic mass is 10.1. The maximum Gasteiger partial charge on any atom is 0.174 e. The van der Waals surface area contributed by atoms with Gasteiger partial charge in [0.25, 0.3) is 0 Å². The Labute approximate surface area is 119 Å². The predicted octanol–water partition coefficient (Wildman–Crippen LogP) is 1.39. The minimum atomic E-state index is 0.0761. The van der Waals surface area contributed by atoms with Gasteiger partial charge < -0.3 is 20.9 Å². The second kappa shape index (κ2) is 7.69. The first-order valence-electron chi connectivity index (χ1n) is 6.79. The number of nitrogens with zero attached hydrogens (tertiary/aromatic N) is 3. The largest absolute Gasteiger partial charge is 0.409 e. The van der Waals surface area contributed by atoms with Crippen molar-refractivity contribution in [2.75, 3.05) is 25.1 Å². The summed E-state index contributed by atoms with van der Waals surface area (Å²) < 4.78 is 0. The Morgan fingerprint density at radius 1 is 1.35 bits per heavy atom. The highest BCUT2D eigenvalue weighted by Crippen LogP contribution is 2.23. The molecule has 0 amide bonds. The molecule has 1 rings (SSSR count). The van der Waals surface area contributed by atoms with Crippen molar-refractivity contribution in [3.05, 3.63) is 23.0 Å². The van der Waals surface area contributed by atoms with Gasteiger partial charge in [0, 0.05) is 25.9 Å². The summed E-state index contributed by atoms with van der Waals surface area (Å²) in [5, 5.41) is 20.8. The summed E-state index contributed by atoms with van der Waals surface area (Å²) in [5.74, 6) is 0.0761. The molecule has 1 aromatic heterocycles. The molecule has 0 radical (unpaired) electrons. The fourth-order valence-electron chi connectivity index (χ4n) is 2.23. The van der Waals surface area contributed by atoms with Crippen LogP contribution in [0.4, 0.5) is 5.69 Å². The fraction of sp³-hybridized carbons (Fsp3) is 0.571. The zero-order valence-electron chi connectivity index (χ0n) is 12.4. The van der Waals surface area contributed by atoms with Gasteiger partial charge in [0.15, 0.2) is 5.84 Å². The molecule has 0 atom stereocenters. The summed E-state index contributed by atoms with van der Waals surface area (Å²) >= 11 is 0. The Morgan fingerprint density at radius 3 is 2.65 bits per heavy atom. The second-order valence-electron chi connectivity index (χ2n) is 4.93. The summed E-state index contributed by atoms with van der Waals surface area (Å²) in [7, 11) is 1.97. The van der Waals surface area contributed by atoms with Gasteiger partial charge in [-0.2, -0.15) is 0 Å². The van der Waals surface area contributed by atoms with Crippen LogP contribution in [0.15, 0.2) is 11.2 Å². The topological polar surface area (TPSA) is 95.0 Å². The Balaban J connectivity index is 2.97. The van der Waals surface area contributed by atoms with E-state index in [2.05, 4.69) is 15.0 Å². The number of anilines is 1. The van der Waals surface area contributed by atoms with Gasteiger partial charge in [-0.1, -0.05) is 5.16 Å². The van der Waals surface area contributed by atoms with Crippen molar-refractivity contribution >= 4 is 11.5 Å². The summed E-state index contributed by atoms with van der Waals surface area (Å²) in [6.07, 6.45) is 2.77. The third-order valence-corrected chi connectivity index (χ3v) is 3.23. The normalized spacial score (nSPS) is 11.7. The molecule has 20 heavy (non-hydrogen) atoms. The summed E-state index contributed by atoms with van der Waals surface area (Å²) in [6, 6.07) is 1.94. The molecule has 0 bridgehead atoms. The van der Waals surface area contributed by atoms with Crippen LogP contribution in [0.1, 0.15) is 36.2 Å². The van der Waals surface area contributed by atoms with E-state index in [0.29, 0.717) is 5.56 Å². The molecule has 0 aromatic carbocycles. The van der Waals surface area contributed by atoms with E-state index in [-0.39, 0.29) is 12.4 Å². The molecule has 0 saturated carbocycles. The van der Waals surface area contributed by atoms with E-state index in [1.165, 1.54) is 0 Å². The number of pyridine rings is 1. The van der Waals surface area contributed by atoms with Crippen molar-refractivity contribution in [2.45, 2.75) is 33.1 Å². The number of aryl methyl sites for hydroxylation is 2. The first-order chi connectivity index (χ1) is 9.51. The standard InChI is InChI=1S/C14H24N4O2/c1-10-9-12(18(3)7-5-4-6-8-19)13(11(2)16-10)14(15)17-20/h9,19-20H,4-8H2,1-3H3,(H2,15,17). The molecule has 1 aromatic rings. The monoisotopic (exact) mass is 280 g/mol. The number of rotatable bonds is 7. The van der Waals surface area contributed by atoms with Gasteiger partial charge in [-0.3, -0.25) is 4.98 Å². The van der Waals surface area contributed by atoms with Crippen molar-refractivity contribution in [3.8, 4) is 0 Å². The first-order valence-corrected chi connectivity index (χ1v) is 6.79. The average molecular weight is 280 g/mol. The van der Waals surface area contributed by atoms with Crippen LogP contribution in [-0.4, -0.2) is 41.3 Å². The second-order valence-corrected chi connectivity index (χ2v) is 4.93. The zero-order valence-corrected chi connectivity index (χ0v) is 12.4. The average Bonchev–Trinajstić information content (AvgIpc) is 2.41. The number of aliphatic hydroxyl groups is 1. The van der Waals surface area contributed by atoms with E-state index >= 15 is 0 Å². The number of aromatic nitrogens is 1. The molecule has 0 aliphatic rings. The molecule has 112 valence electrons. The van der Waals surface area contributed by atoms with Crippen LogP contribution in [-0.2, 0) is 0 Å². The van der Waals surface area contributed by atoms with Gasteiger partial charge in [-0.15, -0.1) is 0 Å². The molecule has 0 fully saturated rings. The summed E-state index contributed by atoms with van der Waals surface area (Å²) in [5.41, 5.74) is 8.99. The quantitative estimate of drug-likeness (QED) is 0.231. The highest BCUT2D eigenvalue weighted by Gasteiger charge is 2.15. The molecular formula is C14H24N4O2. The number of aliphatic hydroxyl groups excluding tert-OH is 1. The van der Waals surface area contributed by atoms with Gasteiger partial charge in [0.2, 0.25) is 0 Å². The lowest BCUT2D eigenvalue weighted by Gasteiger charge is -2.23. The highest BCUT2D eigenvalue weighted by atomic mass is 16.4. The Bertz CT molecular complexity index is 474. The fourth-order valence-corrected chi connectivity index (χ4v) is 2.23. The van der Waals surface area contributed by atoms with Crippen LogP contribution in [0.25, 0.3) is 0 Å². The number of hydrogen-bond donors (Lipinski definition) is 3. The number of hydrogen-bond acceptors (Lipinski definition) is 5. The third kappa shape index (κ3) is 4.09. The Hall–Kier alpha value is -1.82. The number of oxime groups is 1. The highest BCUT2D eigenvalue weighted by molar-refractivity contribution is 6.03. The molecule has 4 N–H and O–H groups in total. The van der Waals surface area contributed by atoms with E-state index in [0.717, 1.165) is 42.9 Å². The summed E-state index contributed by atoms with van der Waals surface area (Å²) in [4.78, 5) is 6.44. The van der Waals surface area contributed by atoms with Gasteiger partial charge >= 0.3 is 0 Å². The van der Waals surface area contributed by atoms with Crippen LogP contribution >= 0.6 is 0 Å². The predicted molar refractivity (Wildman–Crippen MR) is 80.4 cm³/mol. The van der Waals surface area contributed by atoms with E-state index in [4.69, 9.17) is 16.0 Å². The van der Waals surface area contributed by atoms with Crippen molar-refractivity contribution < 1.29 is 10.3 Å². The molecule has 0 spiro atoms. The molecule has 1 heterocycles. The van der Waals surface area contributed by atoms with Gasteiger partial charge in [-0.05, 0) is 39.2 Å². The molecule has 6 nitrogen and oxygen atoms in total. The maximum atomic E-state index is 8.92. The minimum absolute atomic E-state index is 0.0761. The van der Waals surface area contributed by atoms with Gasteiger partial charge in [0.05, 0.1) is 16.9 Å². The van der Waals surface area contributed by atoms with Crippen molar-refractivity contribution in [1.29, 1.82) is 0 Å². The van der Waals surface area contributed by atoms with Crippen LogP contribution in [0.3, 0.4) is 0 Å². The minimum Gasteiger partial charge on any atom is -0.409 e. The Kier molecular flexibility index (Phi) is 6.24. The van der Waals surface area contributed by atoms with Crippen molar-refractivity contribution in [2.24, 2.45) is 10.9 Å². The number of nitrogens with two attached hydrogens (primary N) is 1. The number of unbranched alkanes of at least 4 members (excludes halogenated alkanes) is 2. The van der Waals surface area contributed by atoms with E-state index < -0.39 is 0 Å². The SMILES string of the molecule is Cc1cc(N(C)CCCCCO)c(/C(N)=N/O)c(C)n1. The lowest BCUT2D eigenvalue weighted by molar-refractivity contribution is 0.283. The van der Waals surface area contributed by atoms with Crippen LogP contribution in [0.2, 0.25) is 0 Å². The lowest BCUT2D eigenvalue weighted by Crippen LogP contribution is -2.25. The zero-order chi connectivity index (χ0) is 15.1. The van der Waals surface area contributed by atoms with Crippen LogP contribution < -0.4 is 10.6 Å². The van der Waals surface area contributed by atoms with Crippen molar-refractivity contribution in [3.63, 3.8) is 0 Å². The molecule has 6 heteroatoms. The molecular weight excluding hydrogens is 256 g/mol. The number of amidine groups is 1. The van der Waals surface area contributed by atoms with Crippen molar-refractivity contribution in [1.82, 2.24) is 4.98 Å².